The van der Waals surface area contributed by atoms with E-state index < -0.39 is 5.97 Å². The first-order chi connectivity index (χ1) is 9.20. The Morgan fingerprint density at radius 2 is 1.95 bits per heavy atom. The number of carbonyl (C=O) groups is 1. The topological polar surface area (TPSA) is 48.4 Å². The summed E-state index contributed by atoms with van der Waals surface area (Å²) in [5.74, 6) is -0.231. The molecular formula is C14H12ClNO3. The fraction of sp³-hybridized carbons (Fsp3) is 0.143. The van der Waals surface area contributed by atoms with Crippen molar-refractivity contribution in [1.82, 2.24) is 4.98 Å². The molecule has 1 aromatic carbocycles. The lowest BCUT2D eigenvalue weighted by atomic mass is 10.2. The van der Waals surface area contributed by atoms with Gasteiger partial charge in [-0.2, -0.15) is 0 Å². The van der Waals surface area contributed by atoms with Crippen LogP contribution < -0.4 is 4.74 Å². The number of halogens is 1. The minimum atomic E-state index is -0.578. The lowest BCUT2D eigenvalue weighted by Gasteiger charge is -2.09. The van der Waals surface area contributed by atoms with Crippen molar-refractivity contribution in [2.45, 2.75) is 6.61 Å². The molecule has 0 amide bonds. The lowest BCUT2D eigenvalue weighted by molar-refractivity contribution is 0.0588. The van der Waals surface area contributed by atoms with Gasteiger partial charge in [0.25, 0.3) is 0 Å². The molecule has 0 fully saturated rings. The molecule has 4 nitrogen and oxygen atoms in total. The molecule has 0 radical (unpaired) electrons. The molecule has 0 spiro atoms. The maximum Gasteiger partial charge on any atom is 0.360 e. The van der Waals surface area contributed by atoms with Crippen molar-refractivity contribution in [3.8, 4) is 5.75 Å². The van der Waals surface area contributed by atoms with Crippen LogP contribution >= 0.6 is 11.6 Å². The molecule has 0 aliphatic heterocycles. The van der Waals surface area contributed by atoms with Crippen LogP contribution in [0.4, 0.5) is 0 Å². The highest BCUT2D eigenvalue weighted by Crippen LogP contribution is 2.21. The minimum absolute atomic E-state index is 0.0749. The van der Waals surface area contributed by atoms with Crippen molar-refractivity contribution in [2.24, 2.45) is 0 Å². The SMILES string of the molecule is COC(=O)c1nc(Cl)ccc1OCc1ccccc1. The summed E-state index contributed by atoms with van der Waals surface area (Å²) in [6.07, 6.45) is 0. The van der Waals surface area contributed by atoms with E-state index in [9.17, 15) is 4.79 Å². The van der Waals surface area contributed by atoms with Gasteiger partial charge in [-0.05, 0) is 17.7 Å². The third-order valence-electron chi connectivity index (χ3n) is 2.44. The van der Waals surface area contributed by atoms with E-state index in [4.69, 9.17) is 16.3 Å². The first-order valence-electron chi connectivity index (χ1n) is 5.62. The summed E-state index contributed by atoms with van der Waals surface area (Å²) in [5.41, 5.74) is 1.07. The highest BCUT2D eigenvalue weighted by molar-refractivity contribution is 6.29. The van der Waals surface area contributed by atoms with Crippen LogP contribution in [0, 0.1) is 0 Å². The molecule has 1 aromatic heterocycles. The number of esters is 1. The second-order valence-corrected chi connectivity index (χ2v) is 4.13. The standard InChI is InChI=1S/C14H12ClNO3/c1-18-14(17)13-11(7-8-12(15)16-13)19-9-10-5-3-2-4-6-10/h2-8H,9H2,1H3. The van der Waals surface area contributed by atoms with Crippen LogP contribution in [0.15, 0.2) is 42.5 Å². The van der Waals surface area contributed by atoms with Gasteiger partial charge < -0.3 is 9.47 Å². The fourth-order valence-electron chi connectivity index (χ4n) is 1.52. The molecule has 0 unspecified atom stereocenters. The Hall–Kier alpha value is -2.07. The summed E-state index contributed by atoms with van der Waals surface area (Å²) < 4.78 is 10.2. The molecule has 1 heterocycles. The van der Waals surface area contributed by atoms with Crippen LogP contribution in [-0.2, 0) is 11.3 Å². The van der Waals surface area contributed by atoms with Gasteiger partial charge in [-0.1, -0.05) is 41.9 Å². The van der Waals surface area contributed by atoms with Crippen molar-refractivity contribution in [3.63, 3.8) is 0 Å². The highest BCUT2D eigenvalue weighted by Gasteiger charge is 2.15. The van der Waals surface area contributed by atoms with Crippen LogP contribution in [0.3, 0.4) is 0 Å². The quantitative estimate of drug-likeness (QED) is 0.636. The Labute approximate surface area is 115 Å². The molecule has 0 N–H and O–H groups in total. The number of methoxy groups -OCH3 is 1. The Morgan fingerprint density at radius 1 is 1.21 bits per heavy atom. The maximum absolute atomic E-state index is 11.6. The van der Waals surface area contributed by atoms with E-state index in [0.29, 0.717) is 12.4 Å². The van der Waals surface area contributed by atoms with E-state index in [1.165, 1.54) is 7.11 Å². The molecule has 0 aliphatic rings. The van der Waals surface area contributed by atoms with E-state index in [-0.39, 0.29) is 10.8 Å². The number of hydrogen-bond acceptors (Lipinski definition) is 4. The molecule has 2 aromatic rings. The Morgan fingerprint density at radius 3 is 2.63 bits per heavy atom. The van der Waals surface area contributed by atoms with Crippen molar-refractivity contribution in [2.75, 3.05) is 7.11 Å². The number of benzene rings is 1. The zero-order valence-electron chi connectivity index (χ0n) is 10.3. The van der Waals surface area contributed by atoms with E-state index >= 15 is 0 Å². The predicted molar refractivity (Wildman–Crippen MR) is 71.4 cm³/mol. The Bertz CT molecular complexity index is 572. The number of ether oxygens (including phenoxy) is 2. The number of hydrogen-bond donors (Lipinski definition) is 0. The van der Waals surface area contributed by atoms with Crippen LogP contribution in [0.5, 0.6) is 5.75 Å². The molecule has 0 saturated carbocycles. The summed E-state index contributed by atoms with van der Waals surface area (Å²) >= 11 is 5.76. The Kier molecular flexibility index (Phi) is 4.36. The van der Waals surface area contributed by atoms with E-state index in [1.807, 2.05) is 30.3 Å². The maximum atomic E-state index is 11.6. The smallest absolute Gasteiger partial charge is 0.360 e. The average Bonchev–Trinajstić information content (AvgIpc) is 2.46. The molecule has 2 rings (SSSR count). The summed E-state index contributed by atoms with van der Waals surface area (Å²) in [7, 11) is 1.28. The second-order valence-electron chi connectivity index (χ2n) is 3.75. The molecule has 0 bridgehead atoms. The molecule has 0 atom stereocenters. The van der Waals surface area contributed by atoms with Gasteiger partial charge in [-0.15, -0.1) is 0 Å². The molecule has 5 heteroatoms. The van der Waals surface area contributed by atoms with Crippen LogP contribution in [0.1, 0.15) is 16.1 Å². The summed E-state index contributed by atoms with van der Waals surface area (Å²) in [5, 5.41) is 0.215. The van der Waals surface area contributed by atoms with Gasteiger partial charge in [0.15, 0.2) is 11.4 Å². The van der Waals surface area contributed by atoms with Gasteiger partial charge in [0.2, 0.25) is 0 Å². The molecule has 0 saturated heterocycles. The average molecular weight is 278 g/mol. The van der Waals surface area contributed by atoms with Gasteiger partial charge in [0.1, 0.15) is 11.8 Å². The molecular weight excluding hydrogens is 266 g/mol. The Balaban J connectivity index is 2.18. The van der Waals surface area contributed by atoms with Gasteiger partial charge in [-0.3, -0.25) is 0 Å². The summed E-state index contributed by atoms with van der Waals surface area (Å²) in [4.78, 5) is 15.5. The number of aromatic nitrogens is 1. The largest absolute Gasteiger partial charge is 0.486 e. The second kappa shape index (κ2) is 6.20. The van der Waals surface area contributed by atoms with Crippen LogP contribution in [0.25, 0.3) is 0 Å². The van der Waals surface area contributed by atoms with E-state index in [0.717, 1.165) is 5.56 Å². The van der Waals surface area contributed by atoms with Crippen molar-refractivity contribution < 1.29 is 14.3 Å². The third kappa shape index (κ3) is 3.45. The minimum Gasteiger partial charge on any atom is -0.486 e. The lowest BCUT2D eigenvalue weighted by Crippen LogP contribution is -2.08. The summed E-state index contributed by atoms with van der Waals surface area (Å²) in [6, 6.07) is 12.8. The van der Waals surface area contributed by atoms with Gasteiger partial charge in [0.05, 0.1) is 7.11 Å². The first-order valence-corrected chi connectivity index (χ1v) is 6.00. The third-order valence-corrected chi connectivity index (χ3v) is 2.65. The van der Waals surface area contributed by atoms with Crippen molar-refractivity contribution >= 4 is 17.6 Å². The molecule has 0 aliphatic carbocycles. The van der Waals surface area contributed by atoms with Crippen molar-refractivity contribution in [1.29, 1.82) is 0 Å². The highest BCUT2D eigenvalue weighted by atomic mass is 35.5. The predicted octanol–water partition coefficient (Wildman–Crippen LogP) is 3.10. The molecule has 98 valence electrons. The zero-order valence-corrected chi connectivity index (χ0v) is 11.1. The summed E-state index contributed by atoms with van der Waals surface area (Å²) in [6.45, 7) is 0.341. The monoisotopic (exact) mass is 277 g/mol. The van der Waals surface area contributed by atoms with Crippen LogP contribution in [0.2, 0.25) is 5.15 Å². The van der Waals surface area contributed by atoms with Crippen molar-refractivity contribution in [3.05, 3.63) is 58.9 Å². The fourth-order valence-corrected chi connectivity index (χ4v) is 1.66. The van der Waals surface area contributed by atoms with Gasteiger partial charge >= 0.3 is 5.97 Å². The number of pyridine rings is 1. The van der Waals surface area contributed by atoms with Gasteiger partial charge in [0, 0.05) is 0 Å². The van der Waals surface area contributed by atoms with E-state index in [1.54, 1.807) is 12.1 Å². The van der Waals surface area contributed by atoms with E-state index in [2.05, 4.69) is 9.72 Å². The number of carbonyl (C=O) groups excluding carboxylic acids is 1. The van der Waals surface area contributed by atoms with Gasteiger partial charge in [-0.25, -0.2) is 9.78 Å². The van der Waals surface area contributed by atoms with Crippen LogP contribution in [-0.4, -0.2) is 18.1 Å². The number of rotatable bonds is 4. The molecule has 19 heavy (non-hydrogen) atoms. The first kappa shape index (κ1) is 13.4. The zero-order chi connectivity index (χ0) is 13.7. The normalized spacial score (nSPS) is 10.0. The number of nitrogens with zero attached hydrogens (tertiary/aromatic N) is 1.